The summed E-state index contributed by atoms with van der Waals surface area (Å²) < 4.78 is 20.5. The highest BCUT2D eigenvalue weighted by Crippen LogP contribution is 2.33. The van der Waals surface area contributed by atoms with Crippen LogP contribution in [0.25, 0.3) is 0 Å². The number of esters is 4. The van der Waals surface area contributed by atoms with Gasteiger partial charge in [0.15, 0.2) is 6.10 Å². The van der Waals surface area contributed by atoms with E-state index in [1.807, 2.05) is 13.8 Å². The predicted octanol–water partition coefficient (Wildman–Crippen LogP) is 1.68. The molecule has 0 saturated carbocycles. The molecule has 0 aromatic rings. The molecule has 0 radical (unpaired) electrons. The second kappa shape index (κ2) is 11.3. The first-order chi connectivity index (χ1) is 13.9. The highest BCUT2D eigenvalue weighted by Gasteiger charge is 2.45. The molecule has 1 rings (SSSR count). The van der Waals surface area contributed by atoms with Crippen molar-refractivity contribution in [2.24, 2.45) is 11.8 Å². The molecule has 1 aliphatic carbocycles. The van der Waals surface area contributed by atoms with Gasteiger partial charge >= 0.3 is 23.9 Å². The Morgan fingerprint density at radius 2 is 1.57 bits per heavy atom. The van der Waals surface area contributed by atoms with Crippen LogP contribution in [-0.4, -0.2) is 55.1 Å². The van der Waals surface area contributed by atoms with Crippen LogP contribution in [0, 0.1) is 11.8 Å². The van der Waals surface area contributed by atoms with E-state index >= 15 is 0 Å². The summed E-state index contributed by atoms with van der Waals surface area (Å²) in [6.07, 6.45) is 0.717. The number of carbonyl (C=O) groups excluding carboxylic acids is 5. The van der Waals surface area contributed by atoms with Gasteiger partial charge in [-0.2, -0.15) is 0 Å². The van der Waals surface area contributed by atoms with Crippen LogP contribution in [0.3, 0.4) is 0 Å². The average Bonchev–Trinajstić information content (AvgIpc) is 2.61. The molecule has 0 aromatic heterocycles. The zero-order valence-electron chi connectivity index (χ0n) is 18.1. The minimum Gasteiger partial charge on any atom is -0.462 e. The summed E-state index contributed by atoms with van der Waals surface area (Å²) >= 11 is 0. The fourth-order valence-corrected chi connectivity index (χ4v) is 2.96. The summed E-state index contributed by atoms with van der Waals surface area (Å²) in [5, 5.41) is 0. The Bertz CT molecular complexity index is 760. The normalized spacial score (nSPS) is 21.6. The molecule has 0 aromatic carbocycles. The van der Waals surface area contributed by atoms with E-state index in [-0.39, 0.29) is 30.3 Å². The molecule has 0 saturated heterocycles. The van der Waals surface area contributed by atoms with Gasteiger partial charge < -0.3 is 18.9 Å². The van der Waals surface area contributed by atoms with Gasteiger partial charge in [-0.3, -0.25) is 19.2 Å². The lowest BCUT2D eigenvalue weighted by molar-refractivity contribution is -0.164. The highest BCUT2D eigenvalue weighted by molar-refractivity contribution is 6.02. The Morgan fingerprint density at radius 1 is 0.967 bits per heavy atom. The van der Waals surface area contributed by atoms with Gasteiger partial charge in [-0.25, -0.2) is 4.79 Å². The summed E-state index contributed by atoms with van der Waals surface area (Å²) in [5.74, 6) is -3.78. The summed E-state index contributed by atoms with van der Waals surface area (Å²) in [5.41, 5.74) is 0.222. The molecular formula is C21H28O9. The van der Waals surface area contributed by atoms with Crippen LogP contribution in [0.2, 0.25) is 0 Å². The van der Waals surface area contributed by atoms with Crippen LogP contribution >= 0.6 is 0 Å². The van der Waals surface area contributed by atoms with Crippen molar-refractivity contribution >= 4 is 29.7 Å². The summed E-state index contributed by atoms with van der Waals surface area (Å²) in [6, 6.07) is 0. The number of ether oxygens (including phenoxy) is 4. The summed E-state index contributed by atoms with van der Waals surface area (Å²) in [6.45, 7) is 8.30. The number of ketones is 1. The summed E-state index contributed by atoms with van der Waals surface area (Å²) in [7, 11) is 0. The summed E-state index contributed by atoms with van der Waals surface area (Å²) in [4.78, 5) is 59.0. The second-order valence-corrected chi connectivity index (χ2v) is 7.25. The standard InChI is InChI=1S/C21H28O9/c1-11(2)18-17(29-15(6)24)9-16(10-28-14(5)23)19(25)20(18)30-21(26)12(3)7-8-27-13(4)22/h7,9,11,17-18,20H,8,10H2,1-6H3/b12-7+/t17-,18-,20+/m1/s1. The zero-order chi connectivity index (χ0) is 23.0. The number of hydrogen-bond donors (Lipinski definition) is 0. The molecular weight excluding hydrogens is 396 g/mol. The number of carbonyl (C=O) groups is 5. The van der Waals surface area contributed by atoms with Gasteiger partial charge in [-0.05, 0) is 25.0 Å². The Kier molecular flexibility index (Phi) is 9.42. The van der Waals surface area contributed by atoms with Crippen LogP contribution < -0.4 is 0 Å². The first kappa shape index (κ1) is 25.1. The topological polar surface area (TPSA) is 122 Å². The van der Waals surface area contributed by atoms with E-state index < -0.39 is 47.8 Å². The van der Waals surface area contributed by atoms with E-state index in [1.54, 1.807) is 0 Å². The molecule has 166 valence electrons. The molecule has 1 aliphatic rings. The smallest absolute Gasteiger partial charge is 0.334 e. The Balaban J connectivity index is 3.17. The van der Waals surface area contributed by atoms with Gasteiger partial charge in [0.2, 0.25) is 5.78 Å². The molecule has 9 nitrogen and oxygen atoms in total. The van der Waals surface area contributed by atoms with Gasteiger partial charge in [0.25, 0.3) is 0 Å². The minimum absolute atomic E-state index is 0.0766. The molecule has 9 heteroatoms. The molecule has 0 amide bonds. The second-order valence-electron chi connectivity index (χ2n) is 7.25. The fraction of sp³-hybridized carbons (Fsp3) is 0.571. The largest absolute Gasteiger partial charge is 0.462 e. The monoisotopic (exact) mass is 424 g/mol. The third-order valence-electron chi connectivity index (χ3n) is 4.40. The highest BCUT2D eigenvalue weighted by atomic mass is 16.6. The van der Waals surface area contributed by atoms with Crippen molar-refractivity contribution in [2.45, 2.75) is 53.8 Å². The van der Waals surface area contributed by atoms with Crippen molar-refractivity contribution in [3.8, 4) is 0 Å². The van der Waals surface area contributed by atoms with E-state index in [0.29, 0.717) is 0 Å². The average molecular weight is 424 g/mol. The van der Waals surface area contributed by atoms with Crippen molar-refractivity contribution < 1.29 is 42.9 Å². The van der Waals surface area contributed by atoms with Crippen LogP contribution in [-0.2, 0) is 42.9 Å². The van der Waals surface area contributed by atoms with Gasteiger partial charge in [-0.1, -0.05) is 13.8 Å². The van der Waals surface area contributed by atoms with E-state index in [2.05, 4.69) is 0 Å². The first-order valence-electron chi connectivity index (χ1n) is 9.50. The first-order valence-corrected chi connectivity index (χ1v) is 9.50. The molecule has 30 heavy (non-hydrogen) atoms. The van der Waals surface area contributed by atoms with Gasteiger partial charge in [0.05, 0.1) is 0 Å². The van der Waals surface area contributed by atoms with Crippen LogP contribution in [0.5, 0.6) is 0 Å². The molecule has 0 heterocycles. The molecule has 0 spiro atoms. The van der Waals surface area contributed by atoms with Crippen molar-refractivity contribution in [3.05, 3.63) is 23.3 Å². The number of rotatable bonds is 8. The Labute approximate surface area is 175 Å². The Hall–Kier alpha value is -2.97. The van der Waals surface area contributed by atoms with E-state index in [9.17, 15) is 24.0 Å². The zero-order valence-corrected chi connectivity index (χ0v) is 18.1. The maximum Gasteiger partial charge on any atom is 0.334 e. The molecule has 0 aliphatic heterocycles. The van der Waals surface area contributed by atoms with Crippen LogP contribution in [0.1, 0.15) is 41.5 Å². The van der Waals surface area contributed by atoms with Gasteiger partial charge in [0.1, 0.15) is 19.3 Å². The number of Topliss-reactive ketones (excluding diaryl/α,β-unsaturated/α-hetero) is 1. The molecule has 0 unspecified atom stereocenters. The molecule has 0 N–H and O–H groups in total. The van der Waals surface area contributed by atoms with Crippen molar-refractivity contribution in [1.82, 2.24) is 0 Å². The lowest BCUT2D eigenvalue weighted by Crippen LogP contribution is -2.49. The molecule has 0 bridgehead atoms. The third kappa shape index (κ3) is 7.46. The predicted molar refractivity (Wildman–Crippen MR) is 104 cm³/mol. The lowest BCUT2D eigenvalue weighted by atomic mass is 9.77. The van der Waals surface area contributed by atoms with E-state index in [1.165, 1.54) is 39.8 Å². The maximum absolute atomic E-state index is 13.0. The van der Waals surface area contributed by atoms with E-state index in [0.717, 1.165) is 0 Å². The number of hydrogen-bond acceptors (Lipinski definition) is 9. The van der Waals surface area contributed by atoms with Crippen LogP contribution in [0.4, 0.5) is 0 Å². The van der Waals surface area contributed by atoms with Gasteiger partial charge in [0, 0.05) is 37.8 Å². The maximum atomic E-state index is 13.0. The molecule has 0 fully saturated rings. The SMILES string of the molecule is CC(=O)OC/C=C(\C)C(=O)O[C@@H]1C(=O)C(COC(C)=O)=C[C@@H](OC(C)=O)[C@H]1C(C)C. The van der Waals surface area contributed by atoms with Crippen molar-refractivity contribution in [2.75, 3.05) is 13.2 Å². The van der Waals surface area contributed by atoms with Crippen LogP contribution in [0.15, 0.2) is 23.3 Å². The Morgan fingerprint density at radius 3 is 2.07 bits per heavy atom. The quantitative estimate of drug-likeness (QED) is 0.325. The van der Waals surface area contributed by atoms with Crippen molar-refractivity contribution in [1.29, 1.82) is 0 Å². The van der Waals surface area contributed by atoms with E-state index in [4.69, 9.17) is 18.9 Å². The third-order valence-corrected chi connectivity index (χ3v) is 4.40. The van der Waals surface area contributed by atoms with Gasteiger partial charge in [-0.15, -0.1) is 0 Å². The fourth-order valence-electron chi connectivity index (χ4n) is 2.96. The van der Waals surface area contributed by atoms with Crippen molar-refractivity contribution in [3.63, 3.8) is 0 Å². The molecule has 3 atom stereocenters. The lowest BCUT2D eigenvalue weighted by Gasteiger charge is -2.37. The minimum atomic E-state index is -1.24.